The first-order chi connectivity index (χ1) is 13.8. The van der Waals surface area contributed by atoms with Crippen molar-refractivity contribution in [2.75, 3.05) is 26.0 Å². The molecule has 0 saturated carbocycles. The minimum absolute atomic E-state index is 0.0262. The largest absolute Gasteiger partial charge is 0.381 e. The summed E-state index contributed by atoms with van der Waals surface area (Å²) in [4.78, 5) is 16.2. The zero-order valence-electron chi connectivity index (χ0n) is 18.0. The molecule has 0 radical (unpaired) electrons. The lowest BCUT2D eigenvalue weighted by Gasteiger charge is -2.18. The van der Waals surface area contributed by atoms with E-state index in [0.717, 1.165) is 53.3 Å². The SMILES string of the molecule is C=C/C(CC(=O)N(C)c1nnc(CCCCc2ccc(C)nn2)s1)=C(/C)N(C)C. The molecule has 2 aromatic rings. The Kier molecular flexibility index (Phi) is 8.45. The average molecular weight is 415 g/mol. The molecule has 0 aliphatic heterocycles. The van der Waals surface area contributed by atoms with Gasteiger partial charge in [-0.1, -0.05) is 24.0 Å². The average Bonchev–Trinajstić information content (AvgIpc) is 3.18. The maximum atomic E-state index is 12.6. The molecule has 0 atom stereocenters. The first-order valence-corrected chi connectivity index (χ1v) is 10.5. The molecule has 1 amide bonds. The zero-order valence-corrected chi connectivity index (χ0v) is 18.8. The Balaban J connectivity index is 1.86. The van der Waals surface area contributed by atoms with Gasteiger partial charge in [0.1, 0.15) is 5.01 Å². The summed E-state index contributed by atoms with van der Waals surface area (Å²) in [7, 11) is 5.65. The van der Waals surface area contributed by atoms with Crippen molar-refractivity contribution in [1.29, 1.82) is 0 Å². The summed E-state index contributed by atoms with van der Waals surface area (Å²) in [6, 6.07) is 4.01. The van der Waals surface area contributed by atoms with Crippen LogP contribution in [0, 0.1) is 6.92 Å². The number of nitrogens with zero attached hydrogens (tertiary/aromatic N) is 6. The van der Waals surface area contributed by atoms with Gasteiger partial charge >= 0.3 is 0 Å². The summed E-state index contributed by atoms with van der Waals surface area (Å²) in [5.74, 6) is -0.0262. The van der Waals surface area contributed by atoms with Crippen molar-refractivity contribution in [3.8, 4) is 0 Å². The van der Waals surface area contributed by atoms with Crippen molar-refractivity contribution < 1.29 is 4.79 Å². The third-order valence-electron chi connectivity index (χ3n) is 4.77. The predicted octanol–water partition coefficient (Wildman–Crippen LogP) is 3.58. The van der Waals surface area contributed by atoms with Crippen molar-refractivity contribution in [3.63, 3.8) is 0 Å². The summed E-state index contributed by atoms with van der Waals surface area (Å²) in [5, 5.41) is 18.3. The van der Waals surface area contributed by atoms with Gasteiger partial charge in [0.05, 0.1) is 17.8 Å². The molecule has 0 aromatic carbocycles. The van der Waals surface area contributed by atoms with E-state index in [1.807, 2.05) is 45.0 Å². The van der Waals surface area contributed by atoms with Crippen LogP contribution < -0.4 is 4.90 Å². The number of hydrogen-bond donors (Lipinski definition) is 0. The molecule has 2 aromatic heterocycles. The lowest BCUT2D eigenvalue weighted by atomic mass is 10.1. The van der Waals surface area contributed by atoms with Gasteiger partial charge < -0.3 is 4.90 Å². The minimum Gasteiger partial charge on any atom is -0.381 e. The van der Waals surface area contributed by atoms with E-state index in [2.05, 4.69) is 27.0 Å². The molecular formula is C21H30N6OS. The molecule has 0 spiro atoms. The van der Waals surface area contributed by atoms with Crippen LogP contribution in [0.3, 0.4) is 0 Å². The minimum atomic E-state index is -0.0262. The lowest BCUT2D eigenvalue weighted by Crippen LogP contribution is -2.26. The fraction of sp³-hybridized carbons (Fsp3) is 0.476. The number of anilines is 1. The van der Waals surface area contributed by atoms with Crippen molar-refractivity contribution in [3.05, 3.63) is 52.5 Å². The highest BCUT2D eigenvalue weighted by Crippen LogP contribution is 2.23. The molecule has 2 heterocycles. The quantitative estimate of drug-likeness (QED) is 0.437. The van der Waals surface area contributed by atoms with Crippen molar-refractivity contribution in [2.45, 2.75) is 46.0 Å². The molecular weight excluding hydrogens is 384 g/mol. The third kappa shape index (κ3) is 6.74. The van der Waals surface area contributed by atoms with E-state index in [-0.39, 0.29) is 12.3 Å². The Bertz CT molecular complexity index is 856. The molecule has 0 bridgehead atoms. The Morgan fingerprint density at radius 2 is 1.83 bits per heavy atom. The highest BCUT2D eigenvalue weighted by Gasteiger charge is 2.17. The van der Waals surface area contributed by atoms with E-state index in [1.165, 1.54) is 11.3 Å². The van der Waals surface area contributed by atoms with Gasteiger partial charge in [0.2, 0.25) is 11.0 Å². The number of aromatic nitrogens is 4. The van der Waals surface area contributed by atoms with Gasteiger partial charge in [0.15, 0.2) is 0 Å². The van der Waals surface area contributed by atoms with Gasteiger partial charge in [-0.2, -0.15) is 10.2 Å². The number of amides is 1. The standard InChI is InChI=1S/C21H30N6OS/c1-7-17(16(3)26(4)5)14-20(28)27(6)21-25-24-19(29-21)11-9-8-10-18-13-12-15(2)22-23-18/h7,12-13H,1,8-11,14H2,2-6H3/b17-16+. The number of rotatable bonds is 10. The van der Waals surface area contributed by atoms with Gasteiger partial charge in [-0.15, -0.1) is 10.2 Å². The topological polar surface area (TPSA) is 75.1 Å². The Morgan fingerprint density at radius 3 is 2.45 bits per heavy atom. The van der Waals surface area contributed by atoms with E-state index in [0.29, 0.717) is 5.13 Å². The van der Waals surface area contributed by atoms with Crippen LogP contribution in [0.15, 0.2) is 36.1 Å². The summed E-state index contributed by atoms with van der Waals surface area (Å²) >= 11 is 1.47. The number of allylic oxidation sites excluding steroid dienone is 2. The van der Waals surface area contributed by atoms with Crippen LogP contribution in [0.5, 0.6) is 0 Å². The second kappa shape index (κ2) is 10.8. The third-order valence-corrected chi connectivity index (χ3v) is 5.83. The maximum absolute atomic E-state index is 12.6. The van der Waals surface area contributed by atoms with E-state index in [4.69, 9.17) is 0 Å². The molecule has 156 valence electrons. The second-order valence-electron chi connectivity index (χ2n) is 7.19. The van der Waals surface area contributed by atoms with Crippen LogP contribution in [-0.2, 0) is 17.6 Å². The number of carbonyl (C=O) groups is 1. The van der Waals surface area contributed by atoms with Crippen LogP contribution in [0.1, 0.15) is 42.6 Å². The van der Waals surface area contributed by atoms with Crippen molar-refractivity contribution in [2.24, 2.45) is 0 Å². The van der Waals surface area contributed by atoms with E-state index in [1.54, 1.807) is 18.0 Å². The van der Waals surface area contributed by atoms with E-state index >= 15 is 0 Å². The Morgan fingerprint density at radius 1 is 1.10 bits per heavy atom. The first kappa shape index (κ1) is 22.7. The fourth-order valence-electron chi connectivity index (χ4n) is 2.65. The van der Waals surface area contributed by atoms with Gasteiger partial charge in [-0.3, -0.25) is 9.69 Å². The second-order valence-corrected chi connectivity index (χ2v) is 8.23. The highest BCUT2D eigenvalue weighted by molar-refractivity contribution is 7.15. The number of aryl methyl sites for hydroxylation is 3. The molecule has 0 aliphatic carbocycles. The van der Waals surface area contributed by atoms with Crippen LogP contribution in [0.2, 0.25) is 0 Å². The molecule has 0 unspecified atom stereocenters. The number of unbranched alkanes of at least 4 members (excludes halogenated alkanes) is 1. The summed E-state index contributed by atoms with van der Waals surface area (Å²) in [6.45, 7) is 7.75. The number of hydrogen-bond acceptors (Lipinski definition) is 7. The van der Waals surface area contributed by atoms with Gasteiger partial charge in [-0.05, 0) is 50.8 Å². The number of carbonyl (C=O) groups excluding carboxylic acids is 1. The predicted molar refractivity (Wildman–Crippen MR) is 118 cm³/mol. The Labute approximate surface area is 177 Å². The summed E-state index contributed by atoms with van der Waals surface area (Å²) in [5.41, 5.74) is 3.88. The maximum Gasteiger partial charge on any atom is 0.233 e. The first-order valence-electron chi connectivity index (χ1n) is 9.69. The molecule has 0 N–H and O–H groups in total. The summed E-state index contributed by atoms with van der Waals surface area (Å²) in [6.07, 6.45) is 5.78. The zero-order chi connectivity index (χ0) is 21.4. The van der Waals surface area contributed by atoms with Crippen LogP contribution in [0.4, 0.5) is 5.13 Å². The van der Waals surface area contributed by atoms with Gasteiger partial charge in [-0.25, -0.2) is 0 Å². The van der Waals surface area contributed by atoms with Crippen LogP contribution >= 0.6 is 11.3 Å². The molecule has 0 aliphatic rings. The smallest absolute Gasteiger partial charge is 0.233 e. The Hall–Kier alpha value is -2.61. The van der Waals surface area contributed by atoms with Gasteiger partial charge in [0, 0.05) is 33.3 Å². The monoisotopic (exact) mass is 414 g/mol. The van der Waals surface area contributed by atoms with Crippen LogP contribution in [-0.4, -0.2) is 52.3 Å². The summed E-state index contributed by atoms with van der Waals surface area (Å²) < 4.78 is 0. The molecule has 29 heavy (non-hydrogen) atoms. The van der Waals surface area contributed by atoms with E-state index < -0.39 is 0 Å². The lowest BCUT2D eigenvalue weighted by molar-refractivity contribution is -0.117. The normalized spacial score (nSPS) is 11.8. The van der Waals surface area contributed by atoms with Gasteiger partial charge in [0.25, 0.3) is 0 Å². The van der Waals surface area contributed by atoms with Crippen molar-refractivity contribution >= 4 is 22.4 Å². The van der Waals surface area contributed by atoms with Crippen molar-refractivity contribution in [1.82, 2.24) is 25.3 Å². The fourth-order valence-corrected chi connectivity index (χ4v) is 3.51. The molecule has 0 fully saturated rings. The highest BCUT2D eigenvalue weighted by atomic mass is 32.1. The van der Waals surface area contributed by atoms with E-state index in [9.17, 15) is 4.79 Å². The molecule has 8 heteroatoms. The molecule has 0 saturated heterocycles. The molecule has 7 nitrogen and oxygen atoms in total. The van der Waals surface area contributed by atoms with Crippen LogP contribution in [0.25, 0.3) is 0 Å². The molecule has 2 rings (SSSR count).